The molecule has 0 saturated carbocycles. The van der Waals surface area contributed by atoms with Gasteiger partial charge in [-0.2, -0.15) is 0 Å². The number of nitrogens with two attached hydrogens (primary N) is 1. The number of anilines is 1. The van der Waals surface area contributed by atoms with E-state index in [9.17, 15) is 0 Å². The van der Waals surface area contributed by atoms with Gasteiger partial charge in [0.25, 0.3) is 0 Å². The molecule has 0 spiro atoms. The molecule has 0 saturated heterocycles. The molecule has 0 atom stereocenters. The highest BCUT2D eigenvalue weighted by molar-refractivity contribution is 7.25. The van der Waals surface area contributed by atoms with Crippen molar-refractivity contribution in [2.24, 2.45) is 0 Å². The van der Waals surface area contributed by atoms with Gasteiger partial charge in [-0.15, -0.1) is 11.3 Å². The summed E-state index contributed by atoms with van der Waals surface area (Å²) in [5.41, 5.74) is 8.92. The summed E-state index contributed by atoms with van der Waals surface area (Å²) in [6.07, 6.45) is 2.33. The molecule has 0 unspecified atom stereocenters. The maximum absolute atomic E-state index is 5.92. The Hall–Kier alpha value is -1.79. The van der Waals surface area contributed by atoms with Gasteiger partial charge in [0, 0.05) is 17.4 Å². The van der Waals surface area contributed by atoms with Crippen LogP contribution in [-0.2, 0) is 17.8 Å². The first kappa shape index (κ1) is 12.0. The third kappa shape index (κ3) is 1.68. The Bertz CT molecular complexity index is 840. The highest BCUT2D eigenvalue weighted by atomic mass is 32.1. The molecule has 102 valence electrons. The molecule has 2 N–H and O–H groups in total. The molecule has 3 aromatic rings. The maximum Gasteiger partial charge on any atom is 0.144 e. The number of hydrogen-bond donors (Lipinski definition) is 1. The Balaban J connectivity index is 2.02. The lowest BCUT2D eigenvalue weighted by Crippen LogP contribution is -2.32. The summed E-state index contributed by atoms with van der Waals surface area (Å²) in [7, 11) is 0. The molecule has 0 aliphatic carbocycles. The molecule has 0 aromatic carbocycles. The van der Waals surface area contributed by atoms with E-state index in [0.717, 1.165) is 38.1 Å². The first-order valence-corrected chi connectivity index (χ1v) is 7.31. The fourth-order valence-corrected chi connectivity index (χ4v) is 3.63. The first-order chi connectivity index (χ1) is 9.53. The van der Waals surface area contributed by atoms with Crippen molar-refractivity contribution in [3.63, 3.8) is 0 Å². The van der Waals surface area contributed by atoms with Gasteiger partial charge in [0.15, 0.2) is 0 Å². The lowest BCUT2D eigenvalue weighted by atomic mass is 9.95. The minimum absolute atomic E-state index is 0.150. The predicted octanol–water partition coefficient (Wildman–Crippen LogP) is 2.67. The van der Waals surface area contributed by atoms with Gasteiger partial charge in [-0.3, -0.25) is 0 Å². The normalized spacial score (nSPS) is 17.5. The van der Waals surface area contributed by atoms with Crippen LogP contribution in [-0.4, -0.2) is 20.6 Å². The highest BCUT2D eigenvalue weighted by Crippen LogP contribution is 2.37. The van der Waals surface area contributed by atoms with Crippen molar-refractivity contribution in [3.05, 3.63) is 23.7 Å². The van der Waals surface area contributed by atoms with E-state index in [4.69, 9.17) is 15.5 Å². The average molecular weight is 286 g/mol. The van der Waals surface area contributed by atoms with Crippen LogP contribution in [0.15, 0.2) is 12.4 Å². The van der Waals surface area contributed by atoms with E-state index < -0.39 is 0 Å². The summed E-state index contributed by atoms with van der Waals surface area (Å²) in [6.45, 7) is 4.79. The van der Waals surface area contributed by atoms with E-state index in [-0.39, 0.29) is 5.60 Å². The number of thiophene rings is 1. The fraction of sp³-hybridized carbons (Fsp3) is 0.357. The van der Waals surface area contributed by atoms with Crippen LogP contribution in [0.3, 0.4) is 0 Å². The van der Waals surface area contributed by atoms with Crippen molar-refractivity contribution >= 4 is 37.6 Å². The van der Waals surface area contributed by atoms with Crippen molar-refractivity contribution in [3.8, 4) is 0 Å². The summed E-state index contributed by atoms with van der Waals surface area (Å²) in [6, 6.07) is 2.14. The van der Waals surface area contributed by atoms with E-state index in [0.29, 0.717) is 12.4 Å². The Morgan fingerprint density at radius 1 is 1.35 bits per heavy atom. The summed E-state index contributed by atoms with van der Waals surface area (Å²) in [4.78, 5) is 14.2. The topological polar surface area (TPSA) is 73.9 Å². The van der Waals surface area contributed by atoms with Crippen molar-refractivity contribution in [2.75, 3.05) is 5.73 Å². The SMILES string of the molecule is CC1(C)Cc2nc3sc4c(N)ncnc4c3cc2CO1. The second-order valence-electron chi connectivity index (χ2n) is 5.71. The van der Waals surface area contributed by atoms with Crippen LogP contribution >= 0.6 is 11.3 Å². The van der Waals surface area contributed by atoms with Crippen molar-refractivity contribution in [1.82, 2.24) is 15.0 Å². The molecule has 3 aromatic heterocycles. The number of hydrogen-bond acceptors (Lipinski definition) is 6. The summed E-state index contributed by atoms with van der Waals surface area (Å²) in [5, 5.41) is 1.04. The number of ether oxygens (including phenoxy) is 1. The van der Waals surface area contributed by atoms with Gasteiger partial charge in [-0.25, -0.2) is 15.0 Å². The molecular weight excluding hydrogens is 272 g/mol. The number of fused-ring (bicyclic) bond motifs is 4. The molecule has 0 radical (unpaired) electrons. The van der Waals surface area contributed by atoms with Gasteiger partial charge < -0.3 is 10.5 Å². The van der Waals surface area contributed by atoms with Gasteiger partial charge in [0.2, 0.25) is 0 Å². The van der Waals surface area contributed by atoms with Crippen LogP contribution in [0.1, 0.15) is 25.1 Å². The Labute approximate surface area is 119 Å². The van der Waals surface area contributed by atoms with E-state index in [1.165, 1.54) is 6.33 Å². The molecule has 4 heterocycles. The molecule has 1 aliphatic heterocycles. The quantitative estimate of drug-likeness (QED) is 0.687. The third-order valence-corrected chi connectivity index (χ3v) is 4.76. The highest BCUT2D eigenvalue weighted by Gasteiger charge is 2.28. The van der Waals surface area contributed by atoms with Crippen LogP contribution < -0.4 is 5.73 Å². The van der Waals surface area contributed by atoms with Gasteiger partial charge >= 0.3 is 0 Å². The lowest BCUT2D eigenvalue weighted by molar-refractivity contribution is -0.0411. The van der Waals surface area contributed by atoms with Gasteiger partial charge in [0.1, 0.15) is 17.0 Å². The van der Waals surface area contributed by atoms with Crippen LogP contribution in [0.2, 0.25) is 0 Å². The smallest absolute Gasteiger partial charge is 0.144 e. The average Bonchev–Trinajstić information content (AvgIpc) is 2.75. The van der Waals surface area contributed by atoms with Crippen molar-refractivity contribution in [2.45, 2.75) is 32.5 Å². The largest absolute Gasteiger partial charge is 0.382 e. The zero-order valence-corrected chi connectivity index (χ0v) is 12.1. The maximum atomic E-state index is 5.92. The Morgan fingerprint density at radius 3 is 3.05 bits per heavy atom. The van der Waals surface area contributed by atoms with Gasteiger partial charge in [-0.1, -0.05) is 0 Å². The minimum atomic E-state index is -0.150. The van der Waals surface area contributed by atoms with Crippen LogP contribution in [0.5, 0.6) is 0 Å². The van der Waals surface area contributed by atoms with Crippen LogP contribution in [0, 0.1) is 0 Å². The predicted molar refractivity (Wildman–Crippen MR) is 79.7 cm³/mol. The van der Waals surface area contributed by atoms with Crippen molar-refractivity contribution < 1.29 is 4.74 Å². The standard InChI is InChI=1S/C14H14N4OS/c1-14(2)4-9-7(5-19-14)3-8-10-11(20-13(8)18-9)12(15)17-6-16-10/h3,6H,4-5H2,1-2H3,(H2,15,16,17). The number of nitrogens with zero attached hydrogens (tertiary/aromatic N) is 3. The van der Waals surface area contributed by atoms with E-state index in [2.05, 4.69) is 29.9 Å². The molecule has 1 aliphatic rings. The molecule has 4 rings (SSSR count). The second kappa shape index (κ2) is 3.86. The molecule has 0 bridgehead atoms. The van der Waals surface area contributed by atoms with Gasteiger partial charge in [0.05, 0.1) is 28.1 Å². The second-order valence-corrected chi connectivity index (χ2v) is 6.71. The number of pyridine rings is 1. The summed E-state index contributed by atoms with van der Waals surface area (Å²) < 4.78 is 6.77. The summed E-state index contributed by atoms with van der Waals surface area (Å²) in [5.74, 6) is 0.521. The van der Waals surface area contributed by atoms with E-state index >= 15 is 0 Å². The molecule has 0 amide bonds. The molecule has 20 heavy (non-hydrogen) atoms. The molecular formula is C14H14N4OS. The third-order valence-electron chi connectivity index (χ3n) is 3.65. The summed E-state index contributed by atoms with van der Waals surface area (Å²) >= 11 is 1.56. The monoisotopic (exact) mass is 286 g/mol. The molecule has 5 nitrogen and oxygen atoms in total. The van der Waals surface area contributed by atoms with E-state index in [1.54, 1.807) is 11.3 Å². The number of rotatable bonds is 0. The van der Waals surface area contributed by atoms with Gasteiger partial charge in [-0.05, 0) is 19.9 Å². The lowest BCUT2D eigenvalue weighted by Gasteiger charge is -2.30. The minimum Gasteiger partial charge on any atom is -0.382 e. The van der Waals surface area contributed by atoms with E-state index in [1.807, 2.05) is 0 Å². The van der Waals surface area contributed by atoms with Crippen LogP contribution in [0.4, 0.5) is 5.82 Å². The molecule has 6 heteroatoms. The fourth-order valence-electron chi connectivity index (χ4n) is 2.60. The number of aromatic nitrogens is 3. The zero-order chi connectivity index (χ0) is 13.9. The number of nitrogen functional groups attached to an aromatic ring is 1. The molecule has 0 fully saturated rings. The Kier molecular flexibility index (Phi) is 2.32. The first-order valence-electron chi connectivity index (χ1n) is 6.49. The van der Waals surface area contributed by atoms with Crippen molar-refractivity contribution in [1.29, 1.82) is 0 Å². The zero-order valence-electron chi connectivity index (χ0n) is 11.3. The van der Waals surface area contributed by atoms with Crippen LogP contribution in [0.25, 0.3) is 20.4 Å². The Morgan fingerprint density at radius 2 is 2.20 bits per heavy atom.